The van der Waals surface area contributed by atoms with Crippen LogP contribution in [0.2, 0.25) is 0 Å². The first-order valence-corrected chi connectivity index (χ1v) is 10.0. The number of carbonyl (C=O) groups excluding carboxylic acids is 1. The number of hydrogen-bond acceptors (Lipinski definition) is 5. The van der Waals surface area contributed by atoms with E-state index in [1.165, 1.54) is 5.56 Å². The van der Waals surface area contributed by atoms with Gasteiger partial charge >= 0.3 is 0 Å². The van der Waals surface area contributed by atoms with Gasteiger partial charge in [-0.3, -0.25) is 9.69 Å². The smallest absolute Gasteiger partial charge is 0.290 e. The van der Waals surface area contributed by atoms with E-state index in [0.717, 1.165) is 30.9 Å². The van der Waals surface area contributed by atoms with E-state index >= 15 is 0 Å². The average molecular weight is 382 g/mol. The highest BCUT2D eigenvalue weighted by Crippen LogP contribution is 2.19. The Hall–Kier alpha value is -2.57. The lowest BCUT2D eigenvalue weighted by molar-refractivity contribution is 0.0594. The monoisotopic (exact) mass is 382 g/mol. The van der Waals surface area contributed by atoms with Crippen LogP contribution in [0.25, 0.3) is 0 Å². The minimum Gasteiger partial charge on any atom is -0.489 e. The van der Waals surface area contributed by atoms with Gasteiger partial charge in [0.15, 0.2) is 5.76 Å². The number of amides is 1. The molecule has 3 aromatic rings. The van der Waals surface area contributed by atoms with E-state index in [4.69, 9.17) is 9.15 Å². The van der Waals surface area contributed by atoms with Gasteiger partial charge in [0, 0.05) is 38.3 Å². The second-order valence-electron chi connectivity index (χ2n) is 6.58. The number of para-hydroxylation sites is 1. The van der Waals surface area contributed by atoms with Crippen LogP contribution in [0.5, 0.6) is 5.75 Å². The quantitative estimate of drug-likeness (QED) is 0.649. The van der Waals surface area contributed by atoms with Gasteiger partial charge in [0.05, 0.1) is 6.26 Å². The molecular weight excluding hydrogens is 360 g/mol. The molecule has 1 aliphatic heterocycles. The van der Waals surface area contributed by atoms with E-state index in [2.05, 4.69) is 21.7 Å². The third kappa shape index (κ3) is 4.40. The maximum absolute atomic E-state index is 12.9. The summed E-state index contributed by atoms with van der Waals surface area (Å²) in [5.74, 6) is 1.11. The molecule has 2 aromatic heterocycles. The fourth-order valence-electron chi connectivity index (χ4n) is 3.21. The van der Waals surface area contributed by atoms with Crippen LogP contribution in [0.1, 0.15) is 21.7 Å². The Morgan fingerprint density at radius 3 is 2.63 bits per heavy atom. The van der Waals surface area contributed by atoms with E-state index in [9.17, 15) is 4.79 Å². The molecule has 0 radical (unpaired) electrons. The van der Waals surface area contributed by atoms with Crippen LogP contribution in [0, 0.1) is 0 Å². The average Bonchev–Trinajstić information content (AvgIpc) is 3.39. The highest BCUT2D eigenvalue weighted by Gasteiger charge is 2.26. The molecule has 1 saturated heterocycles. The molecule has 1 amide bonds. The summed E-state index contributed by atoms with van der Waals surface area (Å²) in [6, 6.07) is 13.5. The van der Waals surface area contributed by atoms with Gasteiger partial charge in [-0.1, -0.05) is 18.2 Å². The van der Waals surface area contributed by atoms with Crippen molar-refractivity contribution in [3.05, 3.63) is 76.4 Å². The van der Waals surface area contributed by atoms with Crippen molar-refractivity contribution >= 4 is 17.2 Å². The Bertz CT molecular complexity index is 853. The normalized spacial score (nSPS) is 15.0. The lowest BCUT2D eigenvalue weighted by atomic mass is 10.2. The number of furan rings is 1. The molecule has 0 unspecified atom stereocenters. The second kappa shape index (κ2) is 8.41. The zero-order valence-electron chi connectivity index (χ0n) is 15.0. The topological polar surface area (TPSA) is 45.9 Å². The molecule has 6 heteroatoms. The molecule has 0 atom stereocenters. The van der Waals surface area contributed by atoms with Gasteiger partial charge in [-0.15, -0.1) is 0 Å². The number of thiophene rings is 1. The summed E-state index contributed by atoms with van der Waals surface area (Å²) >= 11 is 1.72. The number of rotatable bonds is 6. The molecule has 0 N–H and O–H groups in total. The summed E-state index contributed by atoms with van der Waals surface area (Å²) in [4.78, 5) is 17.1. The zero-order chi connectivity index (χ0) is 18.5. The van der Waals surface area contributed by atoms with Crippen molar-refractivity contribution in [2.75, 3.05) is 26.2 Å². The van der Waals surface area contributed by atoms with Gasteiger partial charge in [0.2, 0.25) is 0 Å². The fraction of sp³-hybridized carbons (Fsp3) is 0.286. The molecule has 0 aliphatic carbocycles. The van der Waals surface area contributed by atoms with Crippen molar-refractivity contribution in [3.8, 4) is 5.75 Å². The van der Waals surface area contributed by atoms with E-state index in [1.54, 1.807) is 17.6 Å². The second-order valence-corrected chi connectivity index (χ2v) is 7.36. The van der Waals surface area contributed by atoms with E-state index in [0.29, 0.717) is 25.5 Å². The number of benzene rings is 1. The van der Waals surface area contributed by atoms with Gasteiger partial charge in [-0.05, 0) is 40.6 Å². The first-order chi connectivity index (χ1) is 13.3. The van der Waals surface area contributed by atoms with Crippen LogP contribution < -0.4 is 4.74 Å². The van der Waals surface area contributed by atoms with Crippen molar-refractivity contribution in [2.24, 2.45) is 0 Å². The van der Waals surface area contributed by atoms with Gasteiger partial charge < -0.3 is 14.1 Å². The molecule has 0 spiro atoms. The van der Waals surface area contributed by atoms with E-state index in [-0.39, 0.29) is 5.91 Å². The standard InChI is InChI=1S/C21H22N2O3S/c24-21(23-10-8-22(9-11-23)14-17-7-13-27-16-17)20-18(6-12-25-20)15-26-19-4-2-1-3-5-19/h1-7,12-13,16H,8-11,14-15H2. The van der Waals surface area contributed by atoms with Crippen LogP contribution in [-0.2, 0) is 13.2 Å². The first kappa shape index (κ1) is 17.8. The number of ether oxygens (including phenoxy) is 1. The number of carbonyl (C=O) groups is 1. The summed E-state index contributed by atoms with van der Waals surface area (Å²) < 4.78 is 11.3. The largest absolute Gasteiger partial charge is 0.489 e. The minimum atomic E-state index is -0.0538. The maximum atomic E-state index is 12.9. The summed E-state index contributed by atoms with van der Waals surface area (Å²) in [5.41, 5.74) is 2.12. The van der Waals surface area contributed by atoms with Crippen LogP contribution in [0.15, 0.2) is 63.9 Å². The molecule has 1 aliphatic rings. The molecule has 0 saturated carbocycles. The Kier molecular flexibility index (Phi) is 5.55. The molecule has 3 heterocycles. The molecule has 4 rings (SSSR count). The van der Waals surface area contributed by atoms with Crippen LogP contribution >= 0.6 is 11.3 Å². The van der Waals surface area contributed by atoms with Gasteiger partial charge in [-0.2, -0.15) is 11.3 Å². The Balaban J connectivity index is 1.33. The highest BCUT2D eigenvalue weighted by atomic mass is 32.1. The molecule has 27 heavy (non-hydrogen) atoms. The SMILES string of the molecule is O=C(c1occc1COc1ccccc1)N1CCN(Cc2ccsc2)CC1. The van der Waals surface area contributed by atoms with Gasteiger partial charge in [0.25, 0.3) is 5.91 Å². The molecule has 1 fully saturated rings. The fourth-order valence-corrected chi connectivity index (χ4v) is 3.87. The third-order valence-corrected chi connectivity index (χ3v) is 5.46. The molecular formula is C21H22N2O3S. The van der Waals surface area contributed by atoms with Crippen molar-refractivity contribution in [1.29, 1.82) is 0 Å². The lowest BCUT2D eigenvalue weighted by Gasteiger charge is -2.34. The predicted octanol–water partition coefficient (Wildman–Crippen LogP) is 3.88. The minimum absolute atomic E-state index is 0.0538. The molecule has 140 valence electrons. The molecule has 1 aromatic carbocycles. The highest BCUT2D eigenvalue weighted by molar-refractivity contribution is 7.07. The summed E-state index contributed by atoms with van der Waals surface area (Å²) in [5, 5.41) is 4.28. The van der Waals surface area contributed by atoms with Gasteiger partial charge in [0.1, 0.15) is 12.4 Å². The molecule has 0 bridgehead atoms. The van der Waals surface area contributed by atoms with Crippen LogP contribution in [0.3, 0.4) is 0 Å². The van der Waals surface area contributed by atoms with E-state index in [1.807, 2.05) is 41.3 Å². The Morgan fingerprint density at radius 2 is 1.89 bits per heavy atom. The first-order valence-electron chi connectivity index (χ1n) is 9.06. The van der Waals surface area contributed by atoms with Crippen molar-refractivity contribution < 1.29 is 13.9 Å². The number of piperazine rings is 1. The zero-order valence-corrected chi connectivity index (χ0v) is 15.9. The molecule has 5 nitrogen and oxygen atoms in total. The van der Waals surface area contributed by atoms with Crippen LogP contribution in [-0.4, -0.2) is 41.9 Å². The Labute approximate surface area is 162 Å². The lowest BCUT2D eigenvalue weighted by Crippen LogP contribution is -2.48. The Morgan fingerprint density at radius 1 is 1.07 bits per heavy atom. The third-order valence-electron chi connectivity index (χ3n) is 4.72. The summed E-state index contributed by atoms with van der Waals surface area (Å²) in [7, 11) is 0. The van der Waals surface area contributed by atoms with Crippen LogP contribution in [0.4, 0.5) is 0 Å². The number of nitrogens with zero attached hydrogens (tertiary/aromatic N) is 2. The summed E-state index contributed by atoms with van der Waals surface area (Å²) in [6.07, 6.45) is 1.56. The number of hydrogen-bond donors (Lipinski definition) is 0. The van der Waals surface area contributed by atoms with Crippen molar-refractivity contribution in [1.82, 2.24) is 9.80 Å². The van der Waals surface area contributed by atoms with Crippen molar-refractivity contribution in [2.45, 2.75) is 13.2 Å². The summed E-state index contributed by atoms with van der Waals surface area (Å²) in [6.45, 7) is 4.43. The van der Waals surface area contributed by atoms with Crippen molar-refractivity contribution in [3.63, 3.8) is 0 Å². The maximum Gasteiger partial charge on any atom is 0.290 e. The van der Waals surface area contributed by atoms with Gasteiger partial charge in [-0.25, -0.2) is 0 Å². The predicted molar refractivity (Wildman–Crippen MR) is 105 cm³/mol. The van der Waals surface area contributed by atoms with E-state index < -0.39 is 0 Å².